The zero-order valence-corrected chi connectivity index (χ0v) is 9.51. The van der Waals surface area contributed by atoms with Crippen molar-refractivity contribution < 1.29 is 4.74 Å². The molecule has 1 rings (SSSR count). The van der Waals surface area contributed by atoms with Gasteiger partial charge >= 0.3 is 0 Å². The molecule has 0 unspecified atom stereocenters. The molecule has 1 heterocycles. The maximum Gasteiger partial charge on any atom is 0.176 e. The molecule has 12 heavy (non-hydrogen) atoms. The summed E-state index contributed by atoms with van der Waals surface area (Å²) in [6.45, 7) is 1.31. The summed E-state index contributed by atoms with van der Waals surface area (Å²) in [5.74, 6) is 0. The Morgan fingerprint density at radius 1 is 1.67 bits per heavy atom. The number of rotatable bonds is 4. The van der Waals surface area contributed by atoms with Crippen molar-refractivity contribution in [2.75, 3.05) is 13.2 Å². The van der Waals surface area contributed by atoms with Gasteiger partial charge < -0.3 is 10.5 Å². The second-order valence-corrected chi connectivity index (χ2v) is 4.65. The average molecular weight is 271 g/mol. The molecule has 0 aliphatic rings. The van der Waals surface area contributed by atoms with E-state index in [-0.39, 0.29) is 0 Å². The zero-order chi connectivity index (χ0) is 8.97. The Labute approximate surface area is 88.8 Å². The molecule has 0 aliphatic heterocycles. The van der Waals surface area contributed by atoms with Gasteiger partial charge in [0.2, 0.25) is 0 Å². The first-order chi connectivity index (χ1) is 5.74. The van der Waals surface area contributed by atoms with Gasteiger partial charge in [0, 0.05) is 6.07 Å². The average Bonchev–Trinajstić information content (AvgIpc) is 2.32. The van der Waals surface area contributed by atoms with Crippen molar-refractivity contribution >= 4 is 38.9 Å². The number of hydrogen-bond donors (Lipinski definition) is 1. The minimum atomic E-state index is 0.653. The van der Waals surface area contributed by atoms with Crippen LogP contribution in [0.5, 0.6) is 5.06 Å². The fourth-order valence-corrected chi connectivity index (χ4v) is 2.19. The van der Waals surface area contributed by atoms with Gasteiger partial charge in [-0.1, -0.05) is 22.9 Å². The number of halogens is 2. The molecule has 2 nitrogen and oxygen atoms in total. The first-order valence-corrected chi connectivity index (χ1v) is 5.50. The predicted octanol–water partition coefficient (Wildman–Crippen LogP) is 2.89. The first kappa shape index (κ1) is 10.3. The second-order valence-electron chi connectivity index (χ2n) is 2.18. The lowest BCUT2D eigenvalue weighted by atomic mass is 10.5. The molecule has 5 heteroatoms. The highest BCUT2D eigenvalue weighted by Gasteiger charge is 2.04. The predicted molar refractivity (Wildman–Crippen MR) is 56.2 cm³/mol. The van der Waals surface area contributed by atoms with E-state index >= 15 is 0 Å². The van der Waals surface area contributed by atoms with E-state index in [4.69, 9.17) is 22.1 Å². The lowest BCUT2D eigenvalue weighted by Gasteiger charge is -1.99. The maximum absolute atomic E-state index is 5.81. The molecule has 0 atom stereocenters. The normalized spacial score (nSPS) is 10.2. The monoisotopic (exact) mass is 269 g/mol. The highest BCUT2D eigenvalue weighted by Crippen LogP contribution is 2.36. The highest BCUT2D eigenvalue weighted by molar-refractivity contribution is 9.10. The molecule has 0 amide bonds. The standard InChI is InChI=1S/C7H9BrClNOS/c8-5-4-6(12-7(5)9)11-3-1-2-10/h4H,1-3,10H2. The quantitative estimate of drug-likeness (QED) is 0.854. The molecule has 68 valence electrons. The minimum Gasteiger partial charge on any atom is -0.484 e. The van der Waals surface area contributed by atoms with Crippen LogP contribution in [0.4, 0.5) is 0 Å². The molecule has 0 fully saturated rings. The van der Waals surface area contributed by atoms with Gasteiger partial charge in [-0.05, 0) is 28.9 Å². The summed E-state index contributed by atoms with van der Waals surface area (Å²) in [4.78, 5) is 0. The molecule has 0 radical (unpaired) electrons. The summed E-state index contributed by atoms with van der Waals surface area (Å²) in [6.07, 6.45) is 0.868. The second kappa shape index (κ2) is 5.07. The van der Waals surface area contributed by atoms with Crippen LogP contribution in [0.25, 0.3) is 0 Å². The van der Waals surface area contributed by atoms with Crippen LogP contribution in [0.1, 0.15) is 6.42 Å². The van der Waals surface area contributed by atoms with E-state index in [9.17, 15) is 0 Å². The molecule has 0 spiro atoms. The summed E-state index contributed by atoms with van der Waals surface area (Å²) >= 11 is 10.5. The fourth-order valence-electron chi connectivity index (χ4n) is 0.654. The van der Waals surface area contributed by atoms with Gasteiger partial charge in [-0.2, -0.15) is 0 Å². The largest absolute Gasteiger partial charge is 0.484 e. The first-order valence-electron chi connectivity index (χ1n) is 3.51. The molecule has 0 saturated heterocycles. The van der Waals surface area contributed by atoms with E-state index in [1.807, 2.05) is 6.07 Å². The molecular weight excluding hydrogens is 262 g/mol. The third-order valence-electron chi connectivity index (χ3n) is 1.22. The van der Waals surface area contributed by atoms with E-state index in [1.54, 1.807) is 0 Å². The summed E-state index contributed by atoms with van der Waals surface area (Å²) < 4.78 is 6.98. The van der Waals surface area contributed by atoms with Crippen LogP contribution in [0.3, 0.4) is 0 Å². The maximum atomic E-state index is 5.81. The van der Waals surface area contributed by atoms with E-state index in [2.05, 4.69) is 15.9 Å². The topological polar surface area (TPSA) is 35.2 Å². The molecule has 0 bridgehead atoms. The van der Waals surface area contributed by atoms with Crippen LogP contribution in [0.15, 0.2) is 10.5 Å². The zero-order valence-electron chi connectivity index (χ0n) is 6.35. The van der Waals surface area contributed by atoms with Crippen LogP contribution in [0.2, 0.25) is 4.34 Å². The Hall–Kier alpha value is 0.230. The van der Waals surface area contributed by atoms with Crippen LogP contribution < -0.4 is 10.5 Å². The molecule has 1 aromatic rings. The Bertz CT molecular complexity index is 234. The van der Waals surface area contributed by atoms with Gasteiger partial charge in [-0.15, -0.1) is 0 Å². The van der Waals surface area contributed by atoms with Gasteiger partial charge in [0.25, 0.3) is 0 Å². The van der Waals surface area contributed by atoms with Crippen molar-refractivity contribution in [2.24, 2.45) is 5.73 Å². The summed E-state index contributed by atoms with van der Waals surface area (Å²) in [6, 6.07) is 1.86. The summed E-state index contributed by atoms with van der Waals surface area (Å²) in [5, 5.41) is 0.834. The van der Waals surface area contributed by atoms with Crippen molar-refractivity contribution in [2.45, 2.75) is 6.42 Å². The van der Waals surface area contributed by atoms with Crippen molar-refractivity contribution in [3.63, 3.8) is 0 Å². The minimum absolute atomic E-state index is 0.653. The number of ether oxygens (including phenoxy) is 1. The number of thiophene rings is 1. The van der Waals surface area contributed by atoms with Crippen LogP contribution in [-0.4, -0.2) is 13.2 Å². The Balaban J connectivity index is 2.42. The fraction of sp³-hybridized carbons (Fsp3) is 0.429. The van der Waals surface area contributed by atoms with Crippen LogP contribution in [-0.2, 0) is 0 Å². The van der Waals surface area contributed by atoms with E-state index in [0.29, 0.717) is 13.2 Å². The van der Waals surface area contributed by atoms with Gasteiger partial charge in [0.05, 0.1) is 11.1 Å². The number of hydrogen-bond acceptors (Lipinski definition) is 3. The Morgan fingerprint density at radius 2 is 2.42 bits per heavy atom. The van der Waals surface area contributed by atoms with Gasteiger partial charge in [-0.25, -0.2) is 0 Å². The van der Waals surface area contributed by atoms with Gasteiger partial charge in [0.15, 0.2) is 5.06 Å². The third-order valence-corrected chi connectivity index (χ3v) is 3.60. The highest BCUT2D eigenvalue weighted by atomic mass is 79.9. The van der Waals surface area contributed by atoms with Gasteiger partial charge in [0.1, 0.15) is 4.34 Å². The van der Waals surface area contributed by atoms with Gasteiger partial charge in [-0.3, -0.25) is 0 Å². The Morgan fingerprint density at radius 3 is 2.92 bits per heavy atom. The van der Waals surface area contributed by atoms with E-state index in [1.165, 1.54) is 11.3 Å². The lowest BCUT2D eigenvalue weighted by Crippen LogP contribution is -2.05. The van der Waals surface area contributed by atoms with Crippen molar-refractivity contribution in [1.29, 1.82) is 0 Å². The molecule has 0 saturated carbocycles. The molecule has 1 aromatic heterocycles. The number of nitrogens with two attached hydrogens (primary N) is 1. The van der Waals surface area contributed by atoms with Crippen LogP contribution in [0, 0.1) is 0 Å². The van der Waals surface area contributed by atoms with Crippen molar-refractivity contribution in [3.8, 4) is 5.06 Å². The Kier molecular flexibility index (Phi) is 4.35. The molecule has 0 aliphatic carbocycles. The van der Waals surface area contributed by atoms with Crippen LogP contribution >= 0.6 is 38.9 Å². The molecule has 2 N–H and O–H groups in total. The smallest absolute Gasteiger partial charge is 0.176 e. The van der Waals surface area contributed by atoms with Crippen molar-refractivity contribution in [1.82, 2.24) is 0 Å². The summed E-state index contributed by atoms with van der Waals surface area (Å²) in [5.41, 5.74) is 5.32. The summed E-state index contributed by atoms with van der Waals surface area (Å²) in [7, 11) is 0. The van der Waals surface area contributed by atoms with E-state index in [0.717, 1.165) is 20.3 Å². The lowest BCUT2D eigenvalue weighted by molar-refractivity contribution is 0.322. The van der Waals surface area contributed by atoms with Crippen molar-refractivity contribution in [3.05, 3.63) is 14.9 Å². The third kappa shape index (κ3) is 2.94. The molecular formula is C7H9BrClNOS. The van der Waals surface area contributed by atoms with E-state index < -0.39 is 0 Å². The molecule has 0 aromatic carbocycles. The SMILES string of the molecule is NCCCOc1cc(Br)c(Cl)s1.